The molecule has 0 aromatic heterocycles. The lowest BCUT2D eigenvalue weighted by molar-refractivity contribution is -0.136. The van der Waals surface area contributed by atoms with Gasteiger partial charge in [-0.05, 0) is 39.3 Å². The minimum Gasteiger partial charge on any atom is -0.490 e. The maximum absolute atomic E-state index is 11.6. The van der Waals surface area contributed by atoms with E-state index >= 15 is 0 Å². The van der Waals surface area contributed by atoms with E-state index in [1.54, 1.807) is 6.92 Å². The van der Waals surface area contributed by atoms with Crippen molar-refractivity contribution in [1.29, 1.82) is 5.41 Å². The maximum atomic E-state index is 11.6. The van der Waals surface area contributed by atoms with E-state index in [9.17, 15) is 4.79 Å². The first-order valence-corrected chi connectivity index (χ1v) is 7.56. The molecular formula is C18H21NO4. The Morgan fingerprint density at radius 3 is 2.48 bits per heavy atom. The minimum absolute atomic E-state index is 0.0439. The van der Waals surface area contributed by atoms with Gasteiger partial charge in [0.1, 0.15) is 11.5 Å². The number of carbonyl (C=O) groups excluding carboxylic acids is 1. The first kappa shape index (κ1) is 16.8. The zero-order valence-electron chi connectivity index (χ0n) is 13.8. The number of fused-ring (bicyclic) bond motifs is 1. The third kappa shape index (κ3) is 3.80. The molecule has 0 saturated heterocycles. The van der Waals surface area contributed by atoms with E-state index in [1.165, 1.54) is 0 Å². The van der Waals surface area contributed by atoms with Gasteiger partial charge in [-0.3, -0.25) is 5.41 Å². The Balaban J connectivity index is 2.47. The summed E-state index contributed by atoms with van der Waals surface area (Å²) in [5, 5.41) is 9.41. The van der Waals surface area contributed by atoms with E-state index < -0.39 is 11.9 Å². The molecular weight excluding hydrogens is 294 g/mol. The number of ether oxygens (including phenoxy) is 3. The van der Waals surface area contributed by atoms with E-state index in [0.29, 0.717) is 5.75 Å². The molecule has 0 saturated carbocycles. The molecule has 2 aromatic rings. The van der Waals surface area contributed by atoms with Gasteiger partial charge < -0.3 is 14.2 Å². The maximum Gasteiger partial charge on any atom is 0.394 e. The van der Waals surface area contributed by atoms with E-state index in [4.69, 9.17) is 19.6 Å². The normalized spacial score (nSPS) is 10.7. The second-order valence-corrected chi connectivity index (χ2v) is 5.38. The molecule has 1 N–H and O–H groups in total. The van der Waals surface area contributed by atoms with Crippen molar-refractivity contribution in [3.8, 4) is 11.5 Å². The van der Waals surface area contributed by atoms with Gasteiger partial charge in [0.15, 0.2) is 0 Å². The lowest BCUT2D eigenvalue weighted by Crippen LogP contribution is -2.22. The molecule has 122 valence electrons. The van der Waals surface area contributed by atoms with Crippen LogP contribution >= 0.6 is 0 Å². The number of hydrogen-bond acceptors (Lipinski definition) is 5. The summed E-state index contributed by atoms with van der Waals surface area (Å²) in [5.41, 5.74) is 0.786. The van der Waals surface area contributed by atoms with Crippen molar-refractivity contribution < 1.29 is 19.0 Å². The summed E-state index contributed by atoms with van der Waals surface area (Å²) in [4.78, 5) is 11.6. The van der Waals surface area contributed by atoms with Crippen LogP contribution in [0.25, 0.3) is 10.8 Å². The van der Waals surface area contributed by atoms with Crippen molar-refractivity contribution in [3.05, 3.63) is 35.9 Å². The highest BCUT2D eigenvalue weighted by Crippen LogP contribution is 2.37. The molecule has 0 radical (unpaired) electrons. The first-order valence-electron chi connectivity index (χ1n) is 7.56. The summed E-state index contributed by atoms with van der Waals surface area (Å²) in [7, 11) is 0. The molecule has 0 aliphatic heterocycles. The van der Waals surface area contributed by atoms with Crippen molar-refractivity contribution in [2.75, 3.05) is 6.61 Å². The molecule has 0 heterocycles. The second-order valence-electron chi connectivity index (χ2n) is 5.38. The highest BCUT2D eigenvalue weighted by atomic mass is 16.6. The highest BCUT2D eigenvalue weighted by Gasteiger charge is 2.18. The summed E-state index contributed by atoms with van der Waals surface area (Å²) in [6.45, 7) is 7.67. The molecule has 0 spiro atoms. The van der Waals surface area contributed by atoms with Crippen LogP contribution in [0.2, 0.25) is 0 Å². The highest BCUT2D eigenvalue weighted by molar-refractivity contribution is 6.32. The van der Waals surface area contributed by atoms with Crippen LogP contribution in [0.15, 0.2) is 30.3 Å². The lowest BCUT2D eigenvalue weighted by atomic mass is 10.0. The van der Waals surface area contributed by atoms with Crippen molar-refractivity contribution in [2.24, 2.45) is 0 Å². The molecule has 0 atom stereocenters. The van der Waals surface area contributed by atoms with Crippen LogP contribution in [0.4, 0.5) is 0 Å². The molecule has 0 bridgehead atoms. The fourth-order valence-corrected chi connectivity index (χ4v) is 2.28. The summed E-state index contributed by atoms with van der Waals surface area (Å²) in [6.07, 6.45) is 0.0439. The number of esters is 1. The van der Waals surface area contributed by atoms with E-state index in [2.05, 4.69) is 0 Å². The van der Waals surface area contributed by atoms with Gasteiger partial charge in [-0.2, -0.15) is 0 Å². The third-order valence-electron chi connectivity index (χ3n) is 3.17. The largest absolute Gasteiger partial charge is 0.490 e. The van der Waals surface area contributed by atoms with Crippen LogP contribution in [-0.2, 0) is 9.53 Å². The third-order valence-corrected chi connectivity index (χ3v) is 3.17. The molecule has 0 unspecified atom stereocenters. The van der Waals surface area contributed by atoms with Gasteiger partial charge in [0, 0.05) is 10.8 Å². The Kier molecular flexibility index (Phi) is 5.21. The van der Waals surface area contributed by atoms with Crippen molar-refractivity contribution >= 4 is 22.6 Å². The second kappa shape index (κ2) is 7.13. The van der Waals surface area contributed by atoms with Crippen LogP contribution < -0.4 is 9.47 Å². The monoisotopic (exact) mass is 315 g/mol. The number of carbonyl (C=O) groups is 1. The molecule has 0 fully saturated rings. The lowest BCUT2D eigenvalue weighted by Gasteiger charge is -2.17. The number of nitrogens with one attached hydrogen (secondary N) is 1. The molecule has 0 aliphatic rings. The van der Waals surface area contributed by atoms with Gasteiger partial charge in [0.25, 0.3) is 5.90 Å². The predicted molar refractivity (Wildman–Crippen MR) is 89.4 cm³/mol. The zero-order valence-corrected chi connectivity index (χ0v) is 13.8. The van der Waals surface area contributed by atoms with Crippen LogP contribution in [0.3, 0.4) is 0 Å². The topological polar surface area (TPSA) is 68.6 Å². The van der Waals surface area contributed by atoms with Crippen LogP contribution in [0.1, 0.15) is 26.3 Å². The van der Waals surface area contributed by atoms with Crippen molar-refractivity contribution in [1.82, 2.24) is 0 Å². The van der Waals surface area contributed by atoms with Gasteiger partial charge in [-0.1, -0.05) is 24.3 Å². The zero-order chi connectivity index (χ0) is 17.0. The molecule has 0 amide bonds. The molecule has 2 rings (SSSR count). The van der Waals surface area contributed by atoms with E-state index in [-0.39, 0.29) is 12.7 Å². The Bertz CT molecular complexity index is 737. The summed E-state index contributed by atoms with van der Waals surface area (Å²) >= 11 is 0. The Morgan fingerprint density at radius 2 is 1.87 bits per heavy atom. The summed E-state index contributed by atoms with van der Waals surface area (Å²) in [6, 6.07) is 9.44. The van der Waals surface area contributed by atoms with Gasteiger partial charge >= 0.3 is 5.97 Å². The molecule has 0 aliphatic carbocycles. The van der Waals surface area contributed by atoms with Crippen LogP contribution in [0, 0.1) is 12.3 Å². The summed E-state index contributed by atoms with van der Waals surface area (Å²) < 4.78 is 16.1. The fourth-order valence-electron chi connectivity index (χ4n) is 2.28. The number of benzene rings is 2. The quantitative estimate of drug-likeness (QED) is 0.528. The fraction of sp³-hybridized carbons (Fsp3) is 0.333. The van der Waals surface area contributed by atoms with E-state index in [0.717, 1.165) is 22.1 Å². The van der Waals surface area contributed by atoms with Gasteiger partial charge in [-0.15, -0.1) is 0 Å². The standard InChI is InChI=1S/C18H21NO4/c1-5-21-18(20)17(19)23-16-12(4)10-15(22-11(2)3)13-8-6-7-9-14(13)16/h6-11,19H,5H2,1-4H3. The van der Waals surface area contributed by atoms with E-state index in [1.807, 2.05) is 51.1 Å². The molecule has 5 nitrogen and oxygen atoms in total. The minimum atomic E-state index is -0.779. The number of rotatable bonds is 4. The number of aryl methyl sites for hydroxylation is 1. The number of hydrogen-bond donors (Lipinski definition) is 1. The van der Waals surface area contributed by atoms with Gasteiger partial charge in [-0.25, -0.2) is 4.79 Å². The Labute approximate surface area is 135 Å². The molecule has 2 aromatic carbocycles. The predicted octanol–water partition coefficient (Wildman–Crippen LogP) is 3.85. The Morgan fingerprint density at radius 1 is 1.22 bits per heavy atom. The first-order chi connectivity index (χ1) is 10.9. The van der Waals surface area contributed by atoms with Gasteiger partial charge in [0.05, 0.1) is 12.7 Å². The molecule has 23 heavy (non-hydrogen) atoms. The average molecular weight is 315 g/mol. The average Bonchev–Trinajstić information content (AvgIpc) is 2.50. The Hall–Kier alpha value is -2.56. The smallest absolute Gasteiger partial charge is 0.394 e. The van der Waals surface area contributed by atoms with Gasteiger partial charge in [0.2, 0.25) is 0 Å². The van der Waals surface area contributed by atoms with Crippen LogP contribution in [-0.4, -0.2) is 24.6 Å². The van der Waals surface area contributed by atoms with Crippen LogP contribution in [0.5, 0.6) is 11.5 Å². The molecule has 5 heteroatoms. The van der Waals surface area contributed by atoms with Crippen molar-refractivity contribution in [3.63, 3.8) is 0 Å². The summed E-state index contributed by atoms with van der Waals surface area (Å²) in [5.74, 6) is -0.0889. The van der Waals surface area contributed by atoms with Crippen molar-refractivity contribution in [2.45, 2.75) is 33.8 Å². The SMILES string of the molecule is CCOC(=O)C(=N)Oc1c(C)cc(OC(C)C)c2ccccc12.